The zero-order valence-electron chi connectivity index (χ0n) is 19.7. The molecule has 0 amide bonds. The van der Waals surface area contributed by atoms with Gasteiger partial charge in [0.1, 0.15) is 13.1 Å². The van der Waals surface area contributed by atoms with Crippen LogP contribution < -0.4 is 0 Å². The van der Waals surface area contributed by atoms with Crippen molar-refractivity contribution >= 4 is 14.6 Å². The fourth-order valence-electron chi connectivity index (χ4n) is 3.45. The molecule has 1 saturated carbocycles. The van der Waals surface area contributed by atoms with Gasteiger partial charge < -0.3 is 23.4 Å². The number of rotatable bonds is 14. The van der Waals surface area contributed by atoms with Crippen LogP contribution in [0.3, 0.4) is 0 Å². The van der Waals surface area contributed by atoms with Gasteiger partial charge in [-0.3, -0.25) is 0 Å². The quantitative estimate of drug-likeness (QED) is 0.123. The summed E-state index contributed by atoms with van der Waals surface area (Å²) in [5.41, 5.74) is 0. The van der Waals surface area contributed by atoms with Crippen LogP contribution in [0, 0.1) is 11.8 Å². The minimum atomic E-state index is -1.69. The second-order valence-electron chi connectivity index (χ2n) is 9.79. The first-order valence-corrected chi connectivity index (χ1v) is 14.0. The summed E-state index contributed by atoms with van der Waals surface area (Å²) in [4.78, 5) is 11.4. The van der Waals surface area contributed by atoms with Crippen LogP contribution in [0.25, 0.3) is 0 Å². The van der Waals surface area contributed by atoms with Gasteiger partial charge in [-0.1, -0.05) is 32.9 Å². The van der Waals surface area contributed by atoms with E-state index in [2.05, 4.69) is 52.9 Å². The van der Waals surface area contributed by atoms with E-state index in [1.54, 1.807) is 7.11 Å². The van der Waals surface area contributed by atoms with Gasteiger partial charge in [0.25, 0.3) is 0 Å². The number of hydrogen-bond donors (Lipinski definition) is 0. The van der Waals surface area contributed by atoms with Gasteiger partial charge in [0, 0.05) is 19.1 Å². The van der Waals surface area contributed by atoms with Crippen molar-refractivity contribution in [3.05, 3.63) is 12.2 Å². The monoisotopic (exact) mass is 428 g/mol. The highest BCUT2D eigenvalue weighted by Crippen LogP contribution is 2.38. The zero-order valence-corrected chi connectivity index (χ0v) is 20.7. The fourth-order valence-corrected chi connectivity index (χ4v) is 4.92. The topological polar surface area (TPSA) is 54.0 Å². The number of unbranched alkanes of at least 4 members (excludes halogenated alkanes) is 1. The second kappa shape index (κ2) is 13.0. The number of hydrogen-bond acceptors (Lipinski definition) is 5. The molecule has 5 nitrogen and oxygen atoms in total. The summed E-state index contributed by atoms with van der Waals surface area (Å²) >= 11 is 0. The lowest BCUT2D eigenvalue weighted by molar-refractivity contribution is -0.113. The molecule has 1 aliphatic rings. The SMILES string of the molecule is COCCOCO[C@@H]1C[C@@H](C=O)[C@H](/C=C/CCC[C@H](C)O[Si](C)(C)C(C)(C)C)C1. The molecule has 0 radical (unpaired) electrons. The maximum Gasteiger partial charge on any atom is 0.192 e. The lowest BCUT2D eigenvalue weighted by Crippen LogP contribution is -2.43. The Morgan fingerprint density at radius 3 is 2.45 bits per heavy atom. The Bertz CT molecular complexity index is 486. The Morgan fingerprint density at radius 1 is 1.14 bits per heavy atom. The van der Waals surface area contributed by atoms with Crippen LogP contribution in [-0.4, -0.2) is 53.9 Å². The van der Waals surface area contributed by atoms with E-state index in [4.69, 9.17) is 18.6 Å². The van der Waals surface area contributed by atoms with Crippen molar-refractivity contribution in [3.8, 4) is 0 Å². The van der Waals surface area contributed by atoms with Crippen molar-refractivity contribution in [2.45, 2.75) is 90.1 Å². The minimum absolute atomic E-state index is 0.0519. The van der Waals surface area contributed by atoms with E-state index in [1.165, 1.54) is 0 Å². The van der Waals surface area contributed by atoms with Crippen LogP contribution in [0.4, 0.5) is 0 Å². The van der Waals surface area contributed by atoms with Gasteiger partial charge in [0.15, 0.2) is 8.32 Å². The minimum Gasteiger partial charge on any atom is -0.414 e. The number of aldehydes is 1. The summed E-state index contributed by atoms with van der Waals surface area (Å²) in [6.45, 7) is 15.0. The molecule has 0 bridgehead atoms. The van der Waals surface area contributed by atoms with E-state index in [0.29, 0.717) is 19.3 Å². The summed E-state index contributed by atoms with van der Waals surface area (Å²) in [7, 11) is -0.0385. The van der Waals surface area contributed by atoms with Crippen molar-refractivity contribution in [2.24, 2.45) is 11.8 Å². The predicted octanol–water partition coefficient (Wildman–Crippen LogP) is 5.35. The first-order chi connectivity index (χ1) is 13.6. The van der Waals surface area contributed by atoms with Gasteiger partial charge in [-0.2, -0.15) is 0 Å². The molecule has 0 aromatic carbocycles. The molecule has 1 aliphatic carbocycles. The summed E-state index contributed by atoms with van der Waals surface area (Å²) in [5.74, 6) is 0.327. The molecule has 0 aliphatic heterocycles. The molecular weight excluding hydrogens is 384 g/mol. The average Bonchev–Trinajstić information content (AvgIpc) is 3.02. The van der Waals surface area contributed by atoms with Crippen LogP contribution in [0.15, 0.2) is 12.2 Å². The van der Waals surface area contributed by atoms with Gasteiger partial charge in [-0.15, -0.1) is 0 Å². The van der Waals surface area contributed by atoms with Crippen molar-refractivity contribution in [3.63, 3.8) is 0 Å². The molecule has 0 unspecified atom stereocenters. The smallest absolute Gasteiger partial charge is 0.192 e. The summed E-state index contributed by atoms with van der Waals surface area (Å²) in [6.07, 6.45) is 10.8. The van der Waals surface area contributed by atoms with Gasteiger partial charge in [-0.25, -0.2) is 0 Å². The third kappa shape index (κ3) is 9.88. The fraction of sp³-hybridized carbons (Fsp3) is 0.870. The van der Waals surface area contributed by atoms with Crippen LogP contribution in [0.2, 0.25) is 18.1 Å². The zero-order chi connectivity index (χ0) is 21.9. The molecule has 0 spiro atoms. The van der Waals surface area contributed by atoms with Crippen molar-refractivity contribution in [1.29, 1.82) is 0 Å². The number of methoxy groups -OCH3 is 1. The van der Waals surface area contributed by atoms with E-state index in [9.17, 15) is 4.79 Å². The predicted molar refractivity (Wildman–Crippen MR) is 121 cm³/mol. The summed E-state index contributed by atoms with van der Waals surface area (Å²) in [6, 6.07) is 0. The molecule has 0 aromatic heterocycles. The van der Waals surface area contributed by atoms with E-state index in [0.717, 1.165) is 38.4 Å². The Labute approximate surface area is 179 Å². The Hall–Kier alpha value is -0.533. The standard InChI is InChI=1S/C23H44O5Si/c1-19(28-29(6,7)23(2,3)4)11-9-8-10-12-20-15-22(16-21(20)17-24)27-18-26-14-13-25-5/h10,12,17,19-22H,8-9,11,13-16,18H2,1-7H3/b12-10+/t19-,20+,21-,22-/m0/s1. The third-order valence-electron chi connectivity index (χ3n) is 6.28. The van der Waals surface area contributed by atoms with Crippen LogP contribution in [0.1, 0.15) is 59.8 Å². The normalized spacial score (nSPS) is 24.3. The number of carbonyl (C=O) groups excluding carboxylic acids is 1. The first-order valence-electron chi connectivity index (χ1n) is 11.1. The van der Waals surface area contributed by atoms with Crippen molar-refractivity contribution in [2.75, 3.05) is 27.1 Å². The number of allylic oxidation sites excluding steroid dienone is 2. The van der Waals surface area contributed by atoms with Gasteiger partial charge in [0.2, 0.25) is 0 Å². The Kier molecular flexibility index (Phi) is 11.9. The largest absolute Gasteiger partial charge is 0.414 e. The molecule has 1 rings (SSSR count). The summed E-state index contributed by atoms with van der Waals surface area (Å²) < 4.78 is 22.5. The van der Waals surface area contributed by atoms with Crippen molar-refractivity contribution < 1.29 is 23.4 Å². The van der Waals surface area contributed by atoms with E-state index >= 15 is 0 Å². The molecule has 170 valence electrons. The molecule has 0 aromatic rings. The third-order valence-corrected chi connectivity index (χ3v) is 10.9. The average molecular weight is 429 g/mol. The second-order valence-corrected chi connectivity index (χ2v) is 14.5. The van der Waals surface area contributed by atoms with Crippen LogP contribution >= 0.6 is 0 Å². The highest BCUT2D eigenvalue weighted by Gasteiger charge is 2.38. The number of ether oxygens (including phenoxy) is 3. The van der Waals surface area contributed by atoms with Crippen LogP contribution in [0.5, 0.6) is 0 Å². The molecule has 29 heavy (non-hydrogen) atoms. The van der Waals surface area contributed by atoms with Gasteiger partial charge in [0.05, 0.1) is 19.3 Å². The lowest BCUT2D eigenvalue weighted by Gasteiger charge is -2.38. The first kappa shape index (κ1) is 26.5. The van der Waals surface area contributed by atoms with Gasteiger partial charge >= 0.3 is 0 Å². The lowest BCUT2D eigenvalue weighted by atomic mass is 9.96. The Morgan fingerprint density at radius 2 is 1.83 bits per heavy atom. The van der Waals surface area contributed by atoms with E-state index in [-0.39, 0.29) is 29.8 Å². The molecule has 1 fully saturated rings. The van der Waals surface area contributed by atoms with Gasteiger partial charge in [-0.05, 0) is 63.1 Å². The molecule has 0 heterocycles. The Balaban J connectivity index is 2.29. The van der Waals surface area contributed by atoms with Crippen molar-refractivity contribution in [1.82, 2.24) is 0 Å². The maximum atomic E-state index is 11.4. The summed E-state index contributed by atoms with van der Waals surface area (Å²) in [5, 5.41) is 0.251. The van der Waals surface area contributed by atoms with E-state index < -0.39 is 8.32 Å². The molecule has 4 atom stereocenters. The molecule has 6 heteroatoms. The molecule has 0 saturated heterocycles. The van der Waals surface area contributed by atoms with E-state index in [1.807, 2.05) is 0 Å². The van der Waals surface area contributed by atoms with Crippen LogP contribution in [-0.2, 0) is 23.4 Å². The number of carbonyl (C=O) groups is 1. The molecular formula is C23H44O5Si. The maximum absolute atomic E-state index is 11.4. The molecule has 0 N–H and O–H groups in total. The highest BCUT2D eigenvalue weighted by molar-refractivity contribution is 6.74. The highest BCUT2D eigenvalue weighted by atomic mass is 28.4.